The van der Waals surface area contributed by atoms with E-state index in [2.05, 4.69) is 18.1 Å². The third kappa shape index (κ3) is 3.78. The zero-order chi connectivity index (χ0) is 21.1. The number of oxazole rings is 1. The molecule has 0 amide bonds. The van der Waals surface area contributed by atoms with Crippen LogP contribution >= 0.6 is 0 Å². The van der Waals surface area contributed by atoms with Crippen LogP contribution in [0.25, 0.3) is 34.7 Å². The summed E-state index contributed by atoms with van der Waals surface area (Å²) in [6, 6.07) is 13.7. The predicted molar refractivity (Wildman–Crippen MR) is 119 cm³/mol. The topological polar surface area (TPSA) is 82.3 Å². The number of nitrogens with one attached hydrogen (secondary N) is 1. The summed E-state index contributed by atoms with van der Waals surface area (Å²) in [5.74, 6) is 1.61. The highest BCUT2D eigenvalue weighted by Crippen LogP contribution is 2.34. The van der Waals surface area contributed by atoms with Crippen LogP contribution < -0.4 is 0 Å². The lowest BCUT2D eigenvalue weighted by Crippen LogP contribution is -1.92. The molecule has 0 saturated carbocycles. The van der Waals surface area contributed by atoms with Crippen LogP contribution in [0, 0.1) is 0 Å². The van der Waals surface area contributed by atoms with Crippen LogP contribution in [0.4, 0.5) is 0 Å². The van der Waals surface area contributed by atoms with E-state index in [1.54, 1.807) is 54.6 Å². The van der Waals surface area contributed by atoms with E-state index >= 15 is 0 Å². The molecule has 0 radical (unpaired) electrons. The summed E-state index contributed by atoms with van der Waals surface area (Å²) in [4.78, 5) is 7.94. The molecule has 2 aromatic heterocycles. The Morgan fingerprint density at radius 2 is 1.50 bits per heavy atom. The van der Waals surface area contributed by atoms with Gasteiger partial charge in [0.15, 0.2) is 11.7 Å². The second kappa shape index (κ2) is 8.17. The highest BCUT2D eigenvalue weighted by Gasteiger charge is 2.18. The van der Waals surface area contributed by atoms with Crippen LogP contribution in [0.5, 0.6) is 11.5 Å². The molecule has 150 valence electrons. The largest absolute Gasteiger partial charge is 0.508 e. The minimum absolute atomic E-state index is 0.187. The SMILES string of the molecule is C=Cc1[nH]cc(CCc2nc(-c3ccc(O)cc3)c(-c3ccc(O)cc3)o2)c1C=C. The Kier molecular flexibility index (Phi) is 5.26. The van der Waals surface area contributed by atoms with Crippen molar-refractivity contribution in [3.63, 3.8) is 0 Å². The molecule has 0 fully saturated rings. The first kappa shape index (κ1) is 19.3. The van der Waals surface area contributed by atoms with Crippen molar-refractivity contribution in [1.82, 2.24) is 9.97 Å². The normalized spacial score (nSPS) is 10.8. The molecule has 4 rings (SSSR count). The molecule has 0 unspecified atom stereocenters. The van der Waals surface area contributed by atoms with Crippen molar-refractivity contribution >= 4 is 12.2 Å². The van der Waals surface area contributed by atoms with E-state index in [4.69, 9.17) is 9.40 Å². The molecular weight excluding hydrogens is 376 g/mol. The average molecular weight is 398 g/mol. The maximum Gasteiger partial charge on any atom is 0.195 e. The first-order valence-electron chi connectivity index (χ1n) is 9.62. The molecule has 0 saturated heterocycles. The number of aromatic amines is 1. The number of rotatable bonds is 7. The zero-order valence-electron chi connectivity index (χ0n) is 16.4. The first-order chi connectivity index (χ1) is 14.6. The second-order valence-corrected chi connectivity index (χ2v) is 6.93. The standard InChI is InChI=1S/C25H22N2O3/c1-3-21-18(15-26-22(21)4-2)9-14-23-27-24(16-5-10-19(28)11-6-16)25(30-23)17-7-12-20(29)13-8-17/h3-8,10-13,15,26,28-29H,1-2,9,14H2. The molecule has 4 aromatic rings. The Labute approximate surface area is 174 Å². The van der Waals surface area contributed by atoms with E-state index in [0.29, 0.717) is 23.8 Å². The van der Waals surface area contributed by atoms with Crippen molar-refractivity contribution in [2.45, 2.75) is 12.8 Å². The van der Waals surface area contributed by atoms with Crippen molar-refractivity contribution in [3.8, 4) is 34.1 Å². The highest BCUT2D eigenvalue weighted by atomic mass is 16.4. The number of benzene rings is 2. The van der Waals surface area contributed by atoms with E-state index in [1.807, 2.05) is 12.3 Å². The van der Waals surface area contributed by atoms with Gasteiger partial charge in [0.05, 0.1) is 0 Å². The average Bonchev–Trinajstić information content (AvgIpc) is 3.37. The van der Waals surface area contributed by atoms with Crippen LogP contribution in [0.2, 0.25) is 0 Å². The molecule has 2 aromatic carbocycles. The van der Waals surface area contributed by atoms with Crippen LogP contribution in [0.15, 0.2) is 72.3 Å². The summed E-state index contributed by atoms with van der Waals surface area (Å²) in [5, 5.41) is 19.2. The van der Waals surface area contributed by atoms with Gasteiger partial charge < -0.3 is 19.6 Å². The Bertz CT molecular complexity index is 1120. The van der Waals surface area contributed by atoms with Gasteiger partial charge in [-0.2, -0.15) is 0 Å². The number of phenolic OH excluding ortho intramolecular Hbond substituents is 2. The van der Waals surface area contributed by atoms with Crippen molar-refractivity contribution in [2.75, 3.05) is 0 Å². The number of hydrogen-bond acceptors (Lipinski definition) is 4. The molecule has 30 heavy (non-hydrogen) atoms. The summed E-state index contributed by atoms with van der Waals surface area (Å²) >= 11 is 0. The summed E-state index contributed by atoms with van der Waals surface area (Å²) in [6.45, 7) is 7.71. The lowest BCUT2D eigenvalue weighted by atomic mass is 10.1. The maximum atomic E-state index is 9.62. The molecule has 0 atom stereocenters. The number of aryl methyl sites for hydroxylation is 2. The minimum atomic E-state index is 0.187. The molecule has 3 N–H and O–H groups in total. The van der Waals surface area contributed by atoms with Gasteiger partial charge in [-0.25, -0.2) is 4.98 Å². The fourth-order valence-electron chi connectivity index (χ4n) is 3.45. The van der Waals surface area contributed by atoms with E-state index in [9.17, 15) is 10.2 Å². The van der Waals surface area contributed by atoms with Crippen molar-refractivity contribution in [3.05, 3.63) is 90.6 Å². The van der Waals surface area contributed by atoms with E-state index in [1.165, 1.54) is 0 Å². The molecule has 0 bridgehead atoms. The number of aromatic hydroxyl groups is 2. The first-order valence-corrected chi connectivity index (χ1v) is 9.62. The third-order valence-electron chi connectivity index (χ3n) is 5.00. The lowest BCUT2D eigenvalue weighted by Gasteiger charge is -2.02. The van der Waals surface area contributed by atoms with Gasteiger partial charge in [-0.1, -0.05) is 19.2 Å². The summed E-state index contributed by atoms with van der Waals surface area (Å²) in [7, 11) is 0. The van der Waals surface area contributed by atoms with Crippen molar-refractivity contribution in [2.24, 2.45) is 0 Å². The van der Waals surface area contributed by atoms with Gasteiger partial charge in [-0.05, 0) is 66.6 Å². The zero-order valence-corrected chi connectivity index (χ0v) is 16.4. The van der Waals surface area contributed by atoms with Crippen LogP contribution in [0.1, 0.15) is 22.7 Å². The fraction of sp³-hybridized carbons (Fsp3) is 0.0800. The molecule has 2 heterocycles. The van der Waals surface area contributed by atoms with Gasteiger partial charge in [0.2, 0.25) is 0 Å². The van der Waals surface area contributed by atoms with Crippen LogP contribution in [-0.4, -0.2) is 20.2 Å². The second-order valence-electron chi connectivity index (χ2n) is 6.93. The number of hydrogen-bond donors (Lipinski definition) is 3. The number of nitrogens with zero attached hydrogens (tertiary/aromatic N) is 1. The predicted octanol–water partition coefficient (Wildman–Crippen LogP) is 5.82. The van der Waals surface area contributed by atoms with E-state index < -0.39 is 0 Å². The smallest absolute Gasteiger partial charge is 0.195 e. The molecule has 0 aliphatic carbocycles. The molecule has 0 aliphatic heterocycles. The minimum Gasteiger partial charge on any atom is -0.508 e. The summed E-state index contributed by atoms with van der Waals surface area (Å²) in [5.41, 5.74) is 5.46. The van der Waals surface area contributed by atoms with Crippen LogP contribution in [0.3, 0.4) is 0 Å². The quantitative estimate of drug-likeness (QED) is 0.366. The Hall–Kier alpha value is -3.99. The maximum absolute atomic E-state index is 9.62. The fourth-order valence-corrected chi connectivity index (χ4v) is 3.45. The Morgan fingerprint density at radius 3 is 2.10 bits per heavy atom. The molecule has 5 nitrogen and oxygen atoms in total. The van der Waals surface area contributed by atoms with E-state index in [0.717, 1.165) is 34.4 Å². The monoisotopic (exact) mass is 398 g/mol. The molecular formula is C25H22N2O3. The Balaban J connectivity index is 1.69. The van der Waals surface area contributed by atoms with E-state index in [-0.39, 0.29) is 11.5 Å². The number of aromatic nitrogens is 2. The van der Waals surface area contributed by atoms with Crippen molar-refractivity contribution < 1.29 is 14.6 Å². The van der Waals surface area contributed by atoms with Gasteiger partial charge in [0.25, 0.3) is 0 Å². The molecule has 5 heteroatoms. The highest BCUT2D eigenvalue weighted by molar-refractivity contribution is 5.77. The lowest BCUT2D eigenvalue weighted by molar-refractivity contribution is 0.474. The molecule has 0 spiro atoms. The van der Waals surface area contributed by atoms with Crippen LogP contribution in [-0.2, 0) is 12.8 Å². The van der Waals surface area contributed by atoms with Gasteiger partial charge in [-0.3, -0.25) is 0 Å². The van der Waals surface area contributed by atoms with Crippen molar-refractivity contribution in [1.29, 1.82) is 0 Å². The summed E-state index contributed by atoms with van der Waals surface area (Å²) in [6.07, 6.45) is 6.90. The number of phenols is 2. The van der Waals surface area contributed by atoms with Gasteiger partial charge in [-0.15, -0.1) is 0 Å². The van der Waals surface area contributed by atoms with Gasteiger partial charge in [0.1, 0.15) is 17.2 Å². The van der Waals surface area contributed by atoms with Gasteiger partial charge >= 0.3 is 0 Å². The molecule has 0 aliphatic rings. The van der Waals surface area contributed by atoms with Gasteiger partial charge in [0, 0.05) is 35.0 Å². The third-order valence-corrected chi connectivity index (χ3v) is 5.00. The number of H-pyrrole nitrogens is 1. The summed E-state index contributed by atoms with van der Waals surface area (Å²) < 4.78 is 6.14. The Morgan fingerprint density at radius 1 is 0.867 bits per heavy atom.